The van der Waals surface area contributed by atoms with Crippen molar-refractivity contribution in [1.82, 2.24) is 14.8 Å². The van der Waals surface area contributed by atoms with Gasteiger partial charge in [0, 0.05) is 37.1 Å². The molecule has 1 aromatic carbocycles. The maximum Gasteiger partial charge on any atom is 0.216 e. The van der Waals surface area contributed by atoms with Crippen LogP contribution in [0.4, 0.5) is 0 Å². The lowest BCUT2D eigenvalue weighted by Gasteiger charge is -2.32. The highest BCUT2D eigenvalue weighted by Gasteiger charge is 2.14. The number of hydrogen-bond acceptors (Lipinski definition) is 4. The van der Waals surface area contributed by atoms with Crippen molar-refractivity contribution in [3.8, 4) is 5.88 Å². The van der Waals surface area contributed by atoms with Crippen molar-refractivity contribution in [2.75, 3.05) is 46.9 Å². The fourth-order valence-corrected chi connectivity index (χ4v) is 3.22. The smallest absolute Gasteiger partial charge is 0.216 e. The first-order valence-electron chi connectivity index (χ1n) is 8.51. The number of hydrogen-bond donors (Lipinski definition) is 0. The predicted molar refractivity (Wildman–Crippen MR) is 95.3 cm³/mol. The molecule has 1 saturated heterocycles. The van der Waals surface area contributed by atoms with Crippen LogP contribution in [0.15, 0.2) is 24.3 Å². The van der Waals surface area contributed by atoms with Gasteiger partial charge in [-0.15, -0.1) is 0 Å². The van der Waals surface area contributed by atoms with Gasteiger partial charge in [-0.3, -0.25) is 0 Å². The molecule has 0 atom stereocenters. The molecule has 2 aromatic rings. The van der Waals surface area contributed by atoms with Gasteiger partial charge in [0.25, 0.3) is 0 Å². The Labute approximate surface area is 139 Å². The molecule has 1 aromatic heterocycles. The first-order chi connectivity index (χ1) is 11.2. The molecule has 0 amide bonds. The lowest BCUT2D eigenvalue weighted by molar-refractivity contribution is 0.153. The van der Waals surface area contributed by atoms with E-state index in [9.17, 15) is 0 Å². The third-order valence-corrected chi connectivity index (χ3v) is 4.72. The Morgan fingerprint density at radius 3 is 2.65 bits per heavy atom. The second kappa shape index (κ2) is 7.28. The first-order valence-corrected chi connectivity index (χ1v) is 8.51. The van der Waals surface area contributed by atoms with Gasteiger partial charge in [0.05, 0.1) is 12.6 Å². The van der Waals surface area contributed by atoms with Crippen LogP contribution in [0.5, 0.6) is 5.88 Å². The fourth-order valence-electron chi connectivity index (χ4n) is 3.22. The van der Waals surface area contributed by atoms with Crippen molar-refractivity contribution in [3.05, 3.63) is 35.4 Å². The van der Waals surface area contributed by atoms with Crippen LogP contribution in [0.2, 0.25) is 0 Å². The second-order valence-electron chi connectivity index (χ2n) is 6.60. The number of nitrogens with zero attached hydrogens (tertiary/aromatic N) is 3. The third kappa shape index (κ3) is 4.01. The van der Waals surface area contributed by atoms with E-state index < -0.39 is 0 Å². The minimum absolute atomic E-state index is 0.779. The molecule has 23 heavy (non-hydrogen) atoms. The third-order valence-electron chi connectivity index (χ3n) is 4.72. The quantitative estimate of drug-likeness (QED) is 0.848. The second-order valence-corrected chi connectivity index (χ2v) is 6.60. The molecule has 0 N–H and O–H groups in total. The van der Waals surface area contributed by atoms with Crippen LogP contribution in [0.1, 0.15) is 17.5 Å². The van der Waals surface area contributed by atoms with Crippen LogP contribution in [0.3, 0.4) is 0 Å². The van der Waals surface area contributed by atoms with E-state index in [1.165, 1.54) is 42.7 Å². The molecule has 1 fully saturated rings. The number of methoxy groups -OCH3 is 1. The summed E-state index contributed by atoms with van der Waals surface area (Å²) >= 11 is 0. The average molecular weight is 313 g/mol. The molecule has 124 valence electrons. The van der Waals surface area contributed by atoms with E-state index in [1.807, 2.05) is 0 Å². The topological polar surface area (TPSA) is 28.6 Å². The van der Waals surface area contributed by atoms with Crippen molar-refractivity contribution in [2.45, 2.75) is 19.8 Å². The molecule has 3 rings (SSSR count). The number of aromatic nitrogens is 1. The van der Waals surface area contributed by atoms with Gasteiger partial charge in [-0.1, -0.05) is 12.1 Å². The molecule has 4 nitrogen and oxygen atoms in total. The first kappa shape index (κ1) is 16.2. The average Bonchev–Trinajstić information content (AvgIpc) is 2.56. The van der Waals surface area contributed by atoms with Crippen molar-refractivity contribution < 1.29 is 4.74 Å². The Hall–Kier alpha value is -1.65. The van der Waals surface area contributed by atoms with Crippen molar-refractivity contribution >= 4 is 10.9 Å². The van der Waals surface area contributed by atoms with Gasteiger partial charge in [-0.25, -0.2) is 4.98 Å². The van der Waals surface area contributed by atoms with Gasteiger partial charge in [-0.2, -0.15) is 0 Å². The molecule has 1 aliphatic rings. The predicted octanol–water partition coefficient (Wildman–Crippen LogP) is 2.73. The molecule has 0 spiro atoms. The zero-order valence-corrected chi connectivity index (χ0v) is 14.5. The zero-order valence-electron chi connectivity index (χ0n) is 14.5. The highest BCUT2D eigenvalue weighted by Crippen LogP contribution is 2.24. The summed E-state index contributed by atoms with van der Waals surface area (Å²) in [6.07, 6.45) is 2.17. The highest BCUT2D eigenvalue weighted by atomic mass is 16.5. The Balaban J connectivity index is 1.66. The van der Waals surface area contributed by atoms with E-state index in [0.717, 1.165) is 30.8 Å². The lowest BCUT2D eigenvalue weighted by atomic mass is 10.1. The fraction of sp³-hybridized carbons (Fsp3) is 0.526. The number of pyridine rings is 1. The normalized spacial score (nSPS) is 16.8. The summed E-state index contributed by atoms with van der Waals surface area (Å²) in [5.74, 6) is 0.779. The number of fused-ring (bicyclic) bond motifs is 1. The van der Waals surface area contributed by atoms with Crippen LogP contribution in [0.25, 0.3) is 10.9 Å². The SMILES string of the molecule is COc1nc2cc(C)ccc2cc1CCCN1CCN(C)CC1. The largest absolute Gasteiger partial charge is 0.481 e. The van der Waals surface area contributed by atoms with E-state index >= 15 is 0 Å². The molecule has 4 heteroatoms. The Morgan fingerprint density at radius 2 is 1.91 bits per heavy atom. The minimum Gasteiger partial charge on any atom is -0.481 e. The lowest BCUT2D eigenvalue weighted by Crippen LogP contribution is -2.44. The van der Waals surface area contributed by atoms with Gasteiger partial charge >= 0.3 is 0 Å². The number of aryl methyl sites for hydroxylation is 2. The van der Waals surface area contributed by atoms with Crippen LogP contribution >= 0.6 is 0 Å². The standard InChI is InChI=1S/C19H27N3O/c1-15-6-7-16-14-17(19(23-3)20-18(16)13-15)5-4-8-22-11-9-21(2)10-12-22/h6-7,13-14H,4-5,8-12H2,1-3H3. The Bertz CT molecular complexity index is 663. The Kier molecular flexibility index (Phi) is 5.13. The van der Waals surface area contributed by atoms with Gasteiger partial charge < -0.3 is 14.5 Å². The van der Waals surface area contributed by atoms with E-state index in [0.29, 0.717) is 0 Å². The van der Waals surface area contributed by atoms with E-state index in [1.54, 1.807) is 7.11 Å². The summed E-state index contributed by atoms with van der Waals surface area (Å²) in [7, 11) is 3.92. The molecular formula is C19H27N3O. The summed E-state index contributed by atoms with van der Waals surface area (Å²) in [5, 5.41) is 1.20. The highest BCUT2D eigenvalue weighted by molar-refractivity contribution is 5.80. The summed E-state index contributed by atoms with van der Waals surface area (Å²) in [6.45, 7) is 7.98. The summed E-state index contributed by atoms with van der Waals surface area (Å²) in [6, 6.07) is 8.65. The van der Waals surface area contributed by atoms with Gasteiger partial charge in [0.2, 0.25) is 5.88 Å². The molecule has 0 aliphatic carbocycles. The van der Waals surface area contributed by atoms with Crippen LogP contribution in [-0.4, -0.2) is 61.7 Å². The number of rotatable bonds is 5. The molecule has 1 aliphatic heterocycles. The molecule has 0 saturated carbocycles. The van der Waals surface area contributed by atoms with E-state index in [2.05, 4.69) is 53.0 Å². The van der Waals surface area contributed by atoms with Crippen molar-refractivity contribution in [2.24, 2.45) is 0 Å². The zero-order chi connectivity index (χ0) is 16.2. The Morgan fingerprint density at radius 1 is 1.13 bits per heavy atom. The van der Waals surface area contributed by atoms with Crippen molar-refractivity contribution in [3.63, 3.8) is 0 Å². The summed E-state index contributed by atoms with van der Waals surface area (Å²) in [5.41, 5.74) is 3.47. The summed E-state index contributed by atoms with van der Waals surface area (Å²) in [4.78, 5) is 9.64. The van der Waals surface area contributed by atoms with Crippen molar-refractivity contribution in [1.29, 1.82) is 0 Å². The van der Waals surface area contributed by atoms with E-state index in [4.69, 9.17) is 4.74 Å². The monoisotopic (exact) mass is 313 g/mol. The van der Waals surface area contributed by atoms with Crippen LogP contribution < -0.4 is 4.74 Å². The molecule has 0 unspecified atom stereocenters. The van der Waals surface area contributed by atoms with E-state index in [-0.39, 0.29) is 0 Å². The van der Waals surface area contributed by atoms with Gasteiger partial charge in [0.15, 0.2) is 0 Å². The number of piperazine rings is 1. The minimum atomic E-state index is 0.779. The van der Waals surface area contributed by atoms with Crippen LogP contribution in [-0.2, 0) is 6.42 Å². The van der Waals surface area contributed by atoms with Gasteiger partial charge in [0.1, 0.15) is 0 Å². The van der Waals surface area contributed by atoms with Crippen LogP contribution in [0, 0.1) is 6.92 Å². The maximum atomic E-state index is 5.52. The maximum absolute atomic E-state index is 5.52. The molecular weight excluding hydrogens is 286 g/mol. The number of benzene rings is 1. The van der Waals surface area contributed by atoms with Gasteiger partial charge in [-0.05, 0) is 51.1 Å². The number of likely N-dealkylation sites (N-methyl/N-ethyl adjacent to an activating group) is 1. The summed E-state index contributed by atoms with van der Waals surface area (Å²) < 4.78 is 5.52. The number of ether oxygens (including phenoxy) is 1. The molecule has 0 bridgehead atoms. The molecule has 2 heterocycles. The molecule has 0 radical (unpaired) electrons.